The molecular weight excluding hydrogens is 303 g/mol. The largest absolute Gasteiger partial charge is 0.443 e. The number of halogens is 3. The van der Waals surface area contributed by atoms with Crippen molar-refractivity contribution < 1.29 is 27.2 Å². The summed E-state index contributed by atoms with van der Waals surface area (Å²) in [5.74, 6) is -0.871. The van der Waals surface area contributed by atoms with Crippen molar-refractivity contribution in [2.45, 2.75) is 32.0 Å². The van der Waals surface area contributed by atoms with Crippen LogP contribution in [0, 0.1) is 0 Å². The minimum atomic E-state index is -4.76. The molecule has 6 nitrogen and oxygen atoms in total. The van der Waals surface area contributed by atoms with Crippen LogP contribution in [0.25, 0.3) is 0 Å². The number of alkyl halides is 3. The Morgan fingerprint density at radius 3 is 2.55 bits per heavy atom. The third kappa shape index (κ3) is 3.46. The maximum Gasteiger partial charge on any atom is 0.429 e. The highest BCUT2D eigenvalue weighted by Crippen LogP contribution is 2.36. The molecule has 2 rings (SSSR count). The van der Waals surface area contributed by atoms with Gasteiger partial charge in [0.05, 0.1) is 6.20 Å². The summed E-state index contributed by atoms with van der Waals surface area (Å²) in [6, 6.07) is 1.27. The van der Waals surface area contributed by atoms with Crippen LogP contribution in [0.1, 0.15) is 47.7 Å². The van der Waals surface area contributed by atoms with Crippen LogP contribution in [0.5, 0.6) is 0 Å². The maximum absolute atomic E-state index is 13.1. The lowest BCUT2D eigenvalue weighted by atomic mass is 10.1. The Labute approximate surface area is 123 Å². The Hall–Kier alpha value is -2.32. The van der Waals surface area contributed by atoms with Gasteiger partial charge in [0.1, 0.15) is 5.76 Å². The van der Waals surface area contributed by atoms with E-state index in [0.29, 0.717) is 5.76 Å². The van der Waals surface area contributed by atoms with Gasteiger partial charge in [0.15, 0.2) is 5.69 Å². The third-order valence-corrected chi connectivity index (χ3v) is 2.86. The van der Waals surface area contributed by atoms with Crippen LogP contribution in [-0.2, 0) is 11.8 Å². The summed E-state index contributed by atoms with van der Waals surface area (Å²) >= 11 is 0. The topological polar surface area (TPSA) is 70.2 Å². The standard InChI is InChI=1S/C13H14F3N3O3/c1-7(2)10-4-9(18-22-10)12(20)21-11(13(14,15)16)8-5-17-19(3)6-8/h4-7,11H,1-3H3. The summed E-state index contributed by atoms with van der Waals surface area (Å²) in [6.45, 7) is 3.59. The molecule has 0 saturated carbocycles. The van der Waals surface area contributed by atoms with Crippen molar-refractivity contribution >= 4 is 5.97 Å². The maximum atomic E-state index is 13.1. The molecule has 0 aliphatic heterocycles. The van der Waals surface area contributed by atoms with Gasteiger partial charge < -0.3 is 9.26 Å². The lowest BCUT2D eigenvalue weighted by Gasteiger charge is -2.18. The van der Waals surface area contributed by atoms with Crippen molar-refractivity contribution in [1.82, 2.24) is 14.9 Å². The number of aromatic nitrogens is 3. The molecule has 0 radical (unpaired) electrons. The zero-order valence-electron chi connectivity index (χ0n) is 12.1. The van der Waals surface area contributed by atoms with Crippen molar-refractivity contribution in [2.75, 3.05) is 0 Å². The molecule has 2 heterocycles. The lowest BCUT2D eigenvalue weighted by Crippen LogP contribution is -2.26. The number of rotatable bonds is 4. The van der Waals surface area contributed by atoms with Gasteiger partial charge in [-0.05, 0) is 0 Å². The van der Waals surface area contributed by atoms with Crippen molar-refractivity contribution in [3.05, 3.63) is 35.5 Å². The number of hydrogen-bond donors (Lipinski definition) is 0. The fourth-order valence-electron chi connectivity index (χ4n) is 1.72. The van der Waals surface area contributed by atoms with Crippen LogP contribution in [0.2, 0.25) is 0 Å². The molecule has 0 amide bonds. The Morgan fingerprint density at radius 2 is 2.09 bits per heavy atom. The van der Waals surface area contributed by atoms with E-state index >= 15 is 0 Å². The second-order valence-corrected chi connectivity index (χ2v) is 5.04. The molecule has 0 aliphatic carbocycles. The second-order valence-electron chi connectivity index (χ2n) is 5.04. The second kappa shape index (κ2) is 5.82. The van der Waals surface area contributed by atoms with Crippen LogP contribution >= 0.6 is 0 Å². The van der Waals surface area contributed by atoms with E-state index in [-0.39, 0.29) is 17.2 Å². The molecule has 1 unspecified atom stereocenters. The van der Waals surface area contributed by atoms with Crippen molar-refractivity contribution in [3.8, 4) is 0 Å². The molecule has 0 spiro atoms. The molecule has 2 aromatic rings. The van der Waals surface area contributed by atoms with Crippen LogP contribution in [0.3, 0.4) is 0 Å². The average molecular weight is 317 g/mol. The first-order valence-electron chi connectivity index (χ1n) is 6.41. The number of nitrogens with zero attached hydrogens (tertiary/aromatic N) is 3. The number of hydrogen-bond acceptors (Lipinski definition) is 5. The summed E-state index contributed by atoms with van der Waals surface area (Å²) in [5.41, 5.74) is -0.572. The van der Waals surface area contributed by atoms with Gasteiger partial charge in [-0.3, -0.25) is 4.68 Å². The van der Waals surface area contributed by atoms with Gasteiger partial charge in [-0.2, -0.15) is 18.3 Å². The van der Waals surface area contributed by atoms with E-state index in [1.165, 1.54) is 17.8 Å². The summed E-state index contributed by atoms with van der Waals surface area (Å²) in [4.78, 5) is 11.8. The minimum Gasteiger partial charge on any atom is -0.443 e. The van der Waals surface area contributed by atoms with Gasteiger partial charge >= 0.3 is 12.1 Å². The molecule has 2 aromatic heterocycles. The van der Waals surface area contributed by atoms with Crippen molar-refractivity contribution in [1.29, 1.82) is 0 Å². The predicted molar refractivity (Wildman–Crippen MR) is 68.0 cm³/mol. The van der Waals surface area contributed by atoms with Crippen LogP contribution in [0.4, 0.5) is 13.2 Å². The lowest BCUT2D eigenvalue weighted by molar-refractivity contribution is -0.207. The number of carbonyl (C=O) groups excluding carboxylic acids is 1. The normalized spacial score (nSPS) is 13.4. The SMILES string of the molecule is CC(C)c1cc(C(=O)OC(c2cnn(C)c2)C(F)(F)F)no1. The summed E-state index contributed by atoms with van der Waals surface area (Å²) < 4.78 is 49.8. The highest BCUT2D eigenvalue weighted by Gasteiger charge is 2.45. The number of carbonyl (C=O) groups is 1. The first-order chi connectivity index (χ1) is 10.2. The Kier molecular flexibility index (Phi) is 4.25. The molecule has 1 atom stereocenters. The van der Waals surface area contributed by atoms with Gasteiger partial charge in [0.25, 0.3) is 0 Å². The Morgan fingerprint density at radius 1 is 1.41 bits per heavy atom. The van der Waals surface area contributed by atoms with E-state index in [2.05, 4.69) is 15.0 Å². The summed E-state index contributed by atoms with van der Waals surface area (Å²) in [6.07, 6.45) is -5.04. The summed E-state index contributed by atoms with van der Waals surface area (Å²) in [7, 11) is 1.46. The van der Waals surface area contributed by atoms with E-state index in [9.17, 15) is 18.0 Å². The van der Waals surface area contributed by atoms with Gasteiger partial charge in [0, 0.05) is 30.8 Å². The van der Waals surface area contributed by atoms with Gasteiger partial charge in [0.2, 0.25) is 6.10 Å². The molecule has 0 fully saturated rings. The zero-order chi connectivity index (χ0) is 16.5. The van der Waals surface area contributed by atoms with Crippen molar-refractivity contribution in [3.63, 3.8) is 0 Å². The molecule has 0 aliphatic rings. The monoisotopic (exact) mass is 317 g/mol. The predicted octanol–water partition coefficient (Wildman–Crippen LogP) is 2.99. The average Bonchev–Trinajstić information content (AvgIpc) is 3.02. The van der Waals surface area contributed by atoms with E-state index in [1.807, 2.05) is 0 Å². The molecule has 22 heavy (non-hydrogen) atoms. The van der Waals surface area contributed by atoms with Gasteiger partial charge in [-0.1, -0.05) is 19.0 Å². The Balaban J connectivity index is 2.21. The molecule has 0 bridgehead atoms. The number of ether oxygens (including phenoxy) is 1. The highest BCUT2D eigenvalue weighted by molar-refractivity contribution is 5.87. The molecule has 0 aromatic carbocycles. The van der Waals surface area contributed by atoms with Gasteiger partial charge in [-0.25, -0.2) is 4.79 Å². The van der Waals surface area contributed by atoms with Gasteiger partial charge in [-0.15, -0.1) is 0 Å². The Bertz CT molecular complexity index is 661. The number of esters is 1. The van der Waals surface area contributed by atoms with E-state index < -0.39 is 18.2 Å². The quantitative estimate of drug-likeness (QED) is 0.811. The number of aryl methyl sites for hydroxylation is 1. The van der Waals surface area contributed by atoms with Crippen LogP contribution in [-0.4, -0.2) is 27.1 Å². The zero-order valence-corrected chi connectivity index (χ0v) is 12.1. The minimum absolute atomic E-state index is 0.0502. The molecular formula is C13H14F3N3O3. The third-order valence-electron chi connectivity index (χ3n) is 2.86. The van der Waals surface area contributed by atoms with E-state index in [0.717, 1.165) is 12.4 Å². The molecule has 120 valence electrons. The van der Waals surface area contributed by atoms with Crippen LogP contribution in [0.15, 0.2) is 23.0 Å². The molecule has 9 heteroatoms. The summed E-state index contributed by atoms with van der Waals surface area (Å²) in [5, 5.41) is 7.08. The highest BCUT2D eigenvalue weighted by atomic mass is 19.4. The fraction of sp³-hybridized carbons (Fsp3) is 0.462. The first-order valence-corrected chi connectivity index (χ1v) is 6.41. The smallest absolute Gasteiger partial charge is 0.429 e. The van der Waals surface area contributed by atoms with Crippen molar-refractivity contribution in [2.24, 2.45) is 7.05 Å². The van der Waals surface area contributed by atoms with Crippen LogP contribution < -0.4 is 0 Å². The molecule has 0 saturated heterocycles. The fourth-order valence-corrected chi connectivity index (χ4v) is 1.72. The van der Waals surface area contributed by atoms with E-state index in [1.54, 1.807) is 13.8 Å². The molecule has 0 N–H and O–H groups in total. The first kappa shape index (κ1) is 16.1. The van der Waals surface area contributed by atoms with E-state index in [4.69, 9.17) is 4.52 Å².